The quantitative estimate of drug-likeness (QED) is 0.528. The SMILES string of the molecule is Cc1cc(C)c(PC2CCCCCC2)c(C)c1. The molecule has 0 nitrogen and oxygen atoms in total. The summed E-state index contributed by atoms with van der Waals surface area (Å²) in [5.74, 6) is 0. The van der Waals surface area contributed by atoms with Gasteiger partial charge in [-0.05, 0) is 55.7 Å². The Kier molecular flexibility index (Phi) is 4.62. The van der Waals surface area contributed by atoms with E-state index in [4.69, 9.17) is 0 Å². The van der Waals surface area contributed by atoms with Crippen LogP contribution >= 0.6 is 8.58 Å². The lowest BCUT2D eigenvalue weighted by molar-refractivity contribution is 0.702. The Morgan fingerprint density at radius 1 is 0.882 bits per heavy atom. The zero-order valence-corrected chi connectivity index (χ0v) is 12.5. The van der Waals surface area contributed by atoms with E-state index >= 15 is 0 Å². The molecular formula is C16H25P. The molecule has 2 rings (SSSR count). The fourth-order valence-corrected chi connectivity index (χ4v) is 4.74. The van der Waals surface area contributed by atoms with Gasteiger partial charge in [-0.2, -0.15) is 0 Å². The molecule has 1 aromatic carbocycles. The van der Waals surface area contributed by atoms with Gasteiger partial charge in [-0.3, -0.25) is 0 Å². The third-order valence-electron chi connectivity index (χ3n) is 3.88. The first-order valence-electron chi connectivity index (χ1n) is 7.01. The summed E-state index contributed by atoms with van der Waals surface area (Å²) in [7, 11) is 1.04. The highest BCUT2D eigenvalue weighted by molar-refractivity contribution is 7.48. The van der Waals surface area contributed by atoms with E-state index in [-0.39, 0.29) is 0 Å². The van der Waals surface area contributed by atoms with Crippen molar-refractivity contribution >= 4 is 13.9 Å². The molecule has 0 bridgehead atoms. The van der Waals surface area contributed by atoms with Crippen molar-refractivity contribution < 1.29 is 0 Å². The third kappa shape index (κ3) is 3.55. The van der Waals surface area contributed by atoms with Crippen LogP contribution in [0.1, 0.15) is 55.2 Å². The smallest absolute Gasteiger partial charge is 0.0196 e. The van der Waals surface area contributed by atoms with Crippen LogP contribution in [0.4, 0.5) is 0 Å². The van der Waals surface area contributed by atoms with Gasteiger partial charge in [-0.25, -0.2) is 0 Å². The number of rotatable bonds is 2. The summed E-state index contributed by atoms with van der Waals surface area (Å²) >= 11 is 0. The molecule has 1 fully saturated rings. The summed E-state index contributed by atoms with van der Waals surface area (Å²) in [4.78, 5) is 0. The van der Waals surface area contributed by atoms with Gasteiger partial charge in [0.25, 0.3) is 0 Å². The second kappa shape index (κ2) is 6.01. The second-order valence-corrected chi connectivity index (χ2v) is 7.21. The highest BCUT2D eigenvalue weighted by Crippen LogP contribution is 2.33. The lowest BCUT2D eigenvalue weighted by Crippen LogP contribution is -2.12. The maximum absolute atomic E-state index is 2.35. The standard InChI is InChI=1S/C16H25P/c1-12-10-13(2)16(14(3)11-12)17-15-8-6-4-5-7-9-15/h10-11,15,17H,4-9H2,1-3H3. The van der Waals surface area contributed by atoms with Crippen LogP contribution in [0.3, 0.4) is 0 Å². The first kappa shape index (κ1) is 13.1. The molecule has 0 saturated heterocycles. The zero-order chi connectivity index (χ0) is 12.3. The number of benzene rings is 1. The fourth-order valence-electron chi connectivity index (χ4n) is 3.04. The maximum Gasteiger partial charge on any atom is -0.0196 e. The Balaban J connectivity index is 2.11. The van der Waals surface area contributed by atoms with E-state index in [0.29, 0.717) is 0 Å². The summed E-state index contributed by atoms with van der Waals surface area (Å²) in [5.41, 5.74) is 5.42. The van der Waals surface area contributed by atoms with Gasteiger partial charge < -0.3 is 0 Å². The van der Waals surface area contributed by atoms with Crippen LogP contribution in [0.2, 0.25) is 0 Å². The summed E-state index contributed by atoms with van der Waals surface area (Å²) in [5, 5.41) is 1.66. The van der Waals surface area contributed by atoms with Gasteiger partial charge in [0.2, 0.25) is 0 Å². The topological polar surface area (TPSA) is 0 Å². The van der Waals surface area contributed by atoms with Crippen molar-refractivity contribution in [1.82, 2.24) is 0 Å². The molecule has 0 N–H and O–H groups in total. The van der Waals surface area contributed by atoms with E-state index in [9.17, 15) is 0 Å². The van der Waals surface area contributed by atoms with E-state index in [1.807, 2.05) is 0 Å². The molecule has 94 valence electrons. The van der Waals surface area contributed by atoms with Crippen molar-refractivity contribution in [3.8, 4) is 0 Å². The van der Waals surface area contributed by atoms with Crippen LogP contribution in [-0.2, 0) is 0 Å². The summed E-state index contributed by atoms with van der Waals surface area (Å²) in [6.07, 6.45) is 8.78. The van der Waals surface area contributed by atoms with E-state index in [2.05, 4.69) is 32.9 Å². The van der Waals surface area contributed by atoms with Crippen molar-refractivity contribution in [1.29, 1.82) is 0 Å². The van der Waals surface area contributed by atoms with E-state index in [1.54, 1.807) is 5.30 Å². The molecule has 0 spiro atoms. The van der Waals surface area contributed by atoms with Gasteiger partial charge in [-0.15, -0.1) is 0 Å². The van der Waals surface area contributed by atoms with Crippen LogP contribution in [0.25, 0.3) is 0 Å². The van der Waals surface area contributed by atoms with Crippen molar-refractivity contribution in [2.24, 2.45) is 0 Å². The van der Waals surface area contributed by atoms with Gasteiger partial charge in [-0.1, -0.05) is 52.0 Å². The van der Waals surface area contributed by atoms with E-state index in [1.165, 1.54) is 55.2 Å². The predicted octanol–water partition coefficient (Wildman–Crippen LogP) is 4.64. The van der Waals surface area contributed by atoms with Crippen molar-refractivity contribution in [2.45, 2.75) is 65.0 Å². The molecule has 1 heteroatoms. The van der Waals surface area contributed by atoms with Gasteiger partial charge in [0.15, 0.2) is 0 Å². The van der Waals surface area contributed by atoms with Crippen LogP contribution in [-0.4, -0.2) is 5.66 Å². The van der Waals surface area contributed by atoms with Gasteiger partial charge in [0, 0.05) is 0 Å². The molecule has 1 atom stereocenters. The second-order valence-electron chi connectivity index (χ2n) is 5.61. The van der Waals surface area contributed by atoms with Crippen LogP contribution in [0.5, 0.6) is 0 Å². The molecule has 0 amide bonds. The monoisotopic (exact) mass is 248 g/mol. The Bertz CT molecular complexity index is 350. The molecule has 0 aromatic heterocycles. The average Bonchev–Trinajstić information content (AvgIpc) is 2.51. The minimum Gasteiger partial charge on any atom is -0.0866 e. The Hall–Kier alpha value is -0.350. The largest absolute Gasteiger partial charge is 0.0866 e. The average molecular weight is 248 g/mol. The molecule has 1 saturated carbocycles. The van der Waals surface area contributed by atoms with Crippen molar-refractivity contribution in [3.63, 3.8) is 0 Å². The van der Waals surface area contributed by atoms with E-state index < -0.39 is 0 Å². The molecule has 17 heavy (non-hydrogen) atoms. The lowest BCUT2D eigenvalue weighted by atomic mass is 10.1. The van der Waals surface area contributed by atoms with Crippen LogP contribution in [0.15, 0.2) is 12.1 Å². The molecule has 1 aliphatic rings. The van der Waals surface area contributed by atoms with Crippen molar-refractivity contribution in [3.05, 3.63) is 28.8 Å². The summed E-state index contributed by atoms with van der Waals surface area (Å²) in [6, 6.07) is 4.71. The predicted molar refractivity (Wildman–Crippen MR) is 80.1 cm³/mol. The molecule has 0 radical (unpaired) electrons. The summed E-state index contributed by atoms with van der Waals surface area (Å²) in [6.45, 7) is 6.79. The number of aryl methyl sites for hydroxylation is 3. The molecule has 1 aromatic rings. The Labute approximate surface area is 108 Å². The number of hydrogen-bond acceptors (Lipinski definition) is 0. The fraction of sp³-hybridized carbons (Fsp3) is 0.625. The van der Waals surface area contributed by atoms with Crippen LogP contribution in [0, 0.1) is 20.8 Å². The van der Waals surface area contributed by atoms with Gasteiger partial charge in [0.1, 0.15) is 0 Å². The molecule has 0 heterocycles. The van der Waals surface area contributed by atoms with E-state index in [0.717, 1.165) is 14.2 Å². The first-order chi connectivity index (χ1) is 8.16. The molecule has 1 unspecified atom stereocenters. The highest BCUT2D eigenvalue weighted by Gasteiger charge is 2.15. The maximum atomic E-state index is 2.35. The Morgan fingerprint density at radius 3 is 1.94 bits per heavy atom. The zero-order valence-electron chi connectivity index (χ0n) is 11.5. The van der Waals surface area contributed by atoms with Gasteiger partial charge >= 0.3 is 0 Å². The molecular weight excluding hydrogens is 223 g/mol. The highest BCUT2D eigenvalue weighted by atomic mass is 31.1. The van der Waals surface area contributed by atoms with Crippen LogP contribution < -0.4 is 5.30 Å². The Morgan fingerprint density at radius 2 is 1.41 bits per heavy atom. The number of hydrogen-bond donors (Lipinski definition) is 0. The minimum absolute atomic E-state index is 0.970. The summed E-state index contributed by atoms with van der Waals surface area (Å²) < 4.78 is 0. The third-order valence-corrected chi connectivity index (χ3v) is 5.94. The van der Waals surface area contributed by atoms with Gasteiger partial charge in [0.05, 0.1) is 0 Å². The first-order valence-corrected chi connectivity index (χ1v) is 8.09. The normalized spacial score (nSPS) is 18.8. The minimum atomic E-state index is 0.970. The van der Waals surface area contributed by atoms with Crippen molar-refractivity contribution in [2.75, 3.05) is 0 Å². The lowest BCUT2D eigenvalue weighted by Gasteiger charge is -2.18. The molecule has 0 aliphatic heterocycles. The molecule has 1 aliphatic carbocycles.